The second-order valence-corrected chi connectivity index (χ2v) is 7.91. The molecule has 3 N–H and O–H groups in total. The van der Waals surface area contributed by atoms with Crippen molar-refractivity contribution in [1.29, 1.82) is 0 Å². The van der Waals surface area contributed by atoms with Gasteiger partial charge in [0.1, 0.15) is 11.5 Å². The maximum Gasteiger partial charge on any atom is 0.415 e. The molecule has 154 valence electrons. The normalized spacial score (nSPS) is 22.2. The molecule has 1 fully saturated rings. The first kappa shape index (κ1) is 19.7. The fourth-order valence-electron chi connectivity index (χ4n) is 4.39. The molecule has 0 aromatic heterocycles. The number of carbonyl (C=O) groups excluding carboxylic acids is 1. The van der Waals surface area contributed by atoms with Gasteiger partial charge in [0.05, 0.1) is 12.2 Å². The van der Waals surface area contributed by atoms with Crippen LogP contribution in [0, 0.1) is 12.8 Å². The number of rotatable bonds is 3. The number of nitrogens with two attached hydrogens (primary N) is 1. The first-order valence-electron chi connectivity index (χ1n) is 10.3. The molecule has 0 aliphatic carbocycles. The number of aromatic hydroxyl groups is 1. The standard InChI is InChI=1S/C23H28N2O4/c1-15-7-8-18-19(22(15)26)13-20(29-21(18)14-24)16-9-11-25(12-10-16)23(27)28-17-5-3-2-4-6-17/h2-8,16,20-21,26H,9-14,24H2,1H3/t20-,21-/m0/s1. The molecule has 2 aromatic carbocycles. The number of nitrogens with zero attached hydrogens (tertiary/aromatic N) is 1. The molecule has 0 unspecified atom stereocenters. The number of para-hydroxylation sites is 1. The first-order chi connectivity index (χ1) is 14.1. The third-order valence-corrected chi connectivity index (χ3v) is 6.10. The quantitative estimate of drug-likeness (QED) is 0.829. The molecule has 0 bridgehead atoms. The zero-order chi connectivity index (χ0) is 20.4. The van der Waals surface area contributed by atoms with Crippen LogP contribution in [-0.2, 0) is 11.2 Å². The Kier molecular flexibility index (Phi) is 5.74. The van der Waals surface area contributed by atoms with Gasteiger partial charge in [-0.15, -0.1) is 0 Å². The summed E-state index contributed by atoms with van der Waals surface area (Å²) in [5.74, 6) is 1.24. The number of piperidine rings is 1. The van der Waals surface area contributed by atoms with E-state index in [0.717, 1.165) is 29.5 Å². The molecule has 2 atom stereocenters. The molecule has 2 heterocycles. The number of hydrogen-bond donors (Lipinski definition) is 2. The number of likely N-dealkylation sites (tertiary alicyclic amines) is 1. The van der Waals surface area contributed by atoms with Crippen LogP contribution in [0.5, 0.6) is 11.5 Å². The van der Waals surface area contributed by atoms with Crippen molar-refractivity contribution in [3.8, 4) is 11.5 Å². The Balaban J connectivity index is 1.40. The maximum absolute atomic E-state index is 12.4. The Morgan fingerprint density at radius 3 is 2.62 bits per heavy atom. The SMILES string of the molecule is Cc1ccc2c(c1O)C[C@@H](C1CCN(C(=O)Oc3ccccc3)CC1)O[C@H]2CN. The van der Waals surface area contributed by atoms with Crippen LogP contribution in [-0.4, -0.2) is 41.8 Å². The highest BCUT2D eigenvalue weighted by atomic mass is 16.6. The number of amides is 1. The van der Waals surface area contributed by atoms with Crippen molar-refractivity contribution >= 4 is 6.09 Å². The molecule has 0 spiro atoms. The number of phenols is 1. The van der Waals surface area contributed by atoms with Gasteiger partial charge in [-0.1, -0.05) is 30.3 Å². The van der Waals surface area contributed by atoms with Gasteiger partial charge in [0.15, 0.2) is 0 Å². The van der Waals surface area contributed by atoms with Gasteiger partial charge in [0, 0.05) is 31.6 Å². The van der Waals surface area contributed by atoms with Gasteiger partial charge in [-0.3, -0.25) is 0 Å². The fourth-order valence-corrected chi connectivity index (χ4v) is 4.39. The van der Waals surface area contributed by atoms with Crippen LogP contribution in [0.15, 0.2) is 42.5 Å². The molecule has 1 amide bonds. The third kappa shape index (κ3) is 4.09. The predicted molar refractivity (Wildman–Crippen MR) is 110 cm³/mol. The highest BCUT2D eigenvalue weighted by Crippen LogP contribution is 2.40. The lowest BCUT2D eigenvalue weighted by Gasteiger charge is -2.40. The van der Waals surface area contributed by atoms with Gasteiger partial charge in [-0.05, 0) is 48.9 Å². The Bertz CT molecular complexity index is 863. The lowest BCUT2D eigenvalue weighted by atomic mass is 9.83. The van der Waals surface area contributed by atoms with Gasteiger partial charge in [0.2, 0.25) is 0 Å². The number of ether oxygens (including phenoxy) is 2. The van der Waals surface area contributed by atoms with Crippen LogP contribution in [0.3, 0.4) is 0 Å². The number of aryl methyl sites for hydroxylation is 1. The summed E-state index contributed by atoms with van der Waals surface area (Å²) in [5.41, 5.74) is 8.79. The van der Waals surface area contributed by atoms with Crippen molar-refractivity contribution < 1.29 is 19.4 Å². The van der Waals surface area contributed by atoms with E-state index in [1.807, 2.05) is 37.3 Å². The highest BCUT2D eigenvalue weighted by Gasteiger charge is 2.36. The molecule has 0 saturated carbocycles. The van der Waals surface area contributed by atoms with Crippen molar-refractivity contribution in [3.63, 3.8) is 0 Å². The lowest BCUT2D eigenvalue weighted by molar-refractivity contribution is -0.0633. The number of phenolic OH excluding ortho intramolecular Hbond substituents is 1. The van der Waals surface area contributed by atoms with Gasteiger partial charge in [0.25, 0.3) is 0 Å². The summed E-state index contributed by atoms with van der Waals surface area (Å²) in [6.07, 6.45) is 1.85. The average Bonchev–Trinajstić information content (AvgIpc) is 2.76. The van der Waals surface area contributed by atoms with E-state index in [0.29, 0.717) is 43.5 Å². The Morgan fingerprint density at radius 2 is 1.93 bits per heavy atom. The molecule has 1 saturated heterocycles. The van der Waals surface area contributed by atoms with Crippen molar-refractivity contribution in [2.75, 3.05) is 19.6 Å². The molecule has 6 nitrogen and oxygen atoms in total. The molecule has 6 heteroatoms. The zero-order valence-electron chi connectivity index (χ0n) is 16.7. The monoisotopic (exact) mass is 396 g/mol. The van der Waals surface area contributed by atoms with E-state index in [1.54, 1.807) is 17.0 Å². The summed E-state index contributed by atoms with van der Waals surface area (Å²) in [5, 5.41) is 10.6. The highest BCUT2D eigenvalue weighted by molar-refractivity contribution is 5.70. The summed E-state index contributed by atoms with van der Waals surface area (Å²) in [7, 11) is 0. The Morgan fingerprint density at radius 1 is 1.21 bits per heavy atom. The number of benzene rings is 2. The molecule has 2 aromatic rings. The predicted octanol–water partition coefficient (Wildman–Crippen LogP) is 3.55. The summed E-state index contributed by atoms with van der Waals surface area (Å²) in [4.78, 5) is 14.2. The van der Waals surface area contributed by atoms with E-state index >= 15 is 0 Å². The smallest absolute Gasteiger partial charge is 0.415 e. The molecule has 4 rings (SSSR count). The summed E-state index contributed by atoms with van der Waals surface area (Å²) in [6, 6.07) is 13.1. The Labute approximate surface area is 171 Å². The van der Waals surface area contributed by atoms with Crippen molar-refractivity contribution in [2.24, 2.45) is 11.7 Å². The van der Waals surface area contributed by atoms with Crippen LogP contribution in [0.4, 0.5) is 4.79 Å². The van der Waals surface area contributed by atoms with Crippen molar-refractivity contribution in [1.82, 2.24) is 4.90 Å². The van der Waals surface area contributed by atoms with E-state index in [-0.39, 0.29) is 18.3 Å². The summed E-state index contributed by atoms with van der Waals surface area (Å²) < 4.78 is 11.8. The first-order valence-corrected chi connectivity index (χ1v) is 10.3. The van der Waals surface area contributed by atoms with E-state index in [1.165, 1.54) is 0 Å². The number of fused-ring (bicyclic) bond motifs is 1. The number of hydrogen-bond acceptors (Lipinski definition) is 5. The Hall–Kier alpha value is -2.57. The maximum atomic E-state index is 12.4. The molecular formula is C23H28N2O4. The van der Waals surface area contributed by atoms with E-state index in [4.69, 9.17) is 15.2 Å². The van der Waals surface area contributed by atoms with Gasteiger partial charge in [-0.2, -0.15) is 0 Å². The zero-order valence-corrected chi connectivity index (χ0v) is 16.7. The van der Waals surface area contributed by atoms with Gasteiger partial charge in [-0.25, -0.2) is 4.79 Å². The minimum atomic E-state index is -0.308. The summed E-state index contributed by atoms with van der Waals surface area (Å²) >= 11 is 0. The molecular weight excluding hydrogens is 368 g/mol. The van der Waals surface area contributed by atoms with E-state index < -0.39 is 0 Å². The molecule has 2 aliphatic rings. The van der Waals surface area contributed by atoms with Crippen LogP contribution in [0.1, 0.15) is 35.6 Å². The number of carbonyl (C=O) groups is 1. The van der Waals surface area contributed by atoms with Gasteiger partial charge < -0.3 is 25.2 Å². The van der Waals surface area contributed by atoms with Gasteiger partial charge >= 0.3 is 6.09 Å². The lowest BCUT2D eigenvalue weighted by Crippen LogP contribution is -2.45. The van der Waals surface area contributed by atoms with Crippen LogP contribution in [0.25, 0.3) is 0 Å². The van der Waals surface area contributed by atoms with Crippen LogP contribution >= 0.6 is 0 Å². The molecule has 2 aliphatic heterocycles. The van der Waals surface area contributed by atoms with E-state index in [9.17, 15) is 9.90 Å². The average molecular weight is 396 g/mol. The third-order valence-electron chi connectivity index (χ3n) is 6.10. The van der Waals surface area contributed by atoms with Crippen molar-refractivity contribution in [2.45, 2.75) is 38.4 Å². The second-order valence-electron chi connectivity index (χ2n) is 7.91. The molecule has 29 heavy (non-hydrogen) atoms. The molecule has 0 radical (unpaired) electrons. The largest absolute Gasteiger partial charge is 0.507 e. The minimum absolute atomic E-state index is 0.00366. The van der Waals surface area contributed by atoms with E-state index in [2.05, 4.69) is 0 Å². The van der Waals surface area contributed by atoms with Crippen molar-refractivity contribution in [3.05, 3.63) is 59.2 Å². The van der Waals surface area contributed by atoms with Crippen LogP contribution in [0.2, 0.25) is 0 Å². The minimum Gasteiger partial charge on any atom is -0.507 e. The van der Waals surface area contributed by atoms with Crippen LogP contribution < -0.4 is 10.5 Å². The topological polar surface area (TPSA) is 85.0 Å². The second kappa shape index (κ2) is 8.43. The summed E-state index contributed by atoms with van der Waals surface area (Å²) in [6.45, 7) is 3.56. The fraction of sp³-hybridized carbons (Fsp3) is 0.435.